The lowest BCUT2D eigenvalue weighted by Gasteiger charge is -2.16. The van der Waals surface area contributed by atoms with Crippen molar-refractivity contribution in [3.63, 3.8) is 0 Å². The van der Waals surface area contributed by atoms with Crippen molar-refractivity contribution >= 4 is 28.7 Å². The molecular formula is C21H20N4O. The Morgan fingerprint density at radius 1 is 1.00 bits per heavy atom. The Kier molecular flexibility index (Phi) is 4.05. The summed E-state index contributed by atoms with van der Waals surface area (Å²) in [6.07, 6.45) is 1.78. The Morgan fingerprint density at radius 2 is 1.85 bits per heavy atom. The molecule has 0 radical (unpaired) electrons. The van der Waals surface area contributed by atoms with Crippen LogP contribution in [0.4, 0.5) is 22.7 Å². The molecule has 1 amide bonds. The number of carbonyl (C=O) groups is 1. The average Bonchev–Trinajstić information content (AvgIpc) is 2.98. The van der Waals surface area contributed by atoms with Gasteiger partial charge in [0.05, 0.1) is 6.54 Å². The highest BCUT2D eigenvalue weighted by molar-refractivity contribution is 6.10. The summed E-state index contributed by atoms with van der Waals surface area (Å²) < 4.78 is 0. The maximum Gasteiger partial charge on any atom is 0.258 e. The van der Waals surface area contributed by atoms with Crippen LogP contribution in [0.25, 0.3) is 0 Å². The van der Waals surface area contributed by atoms with Gasteiger partial charge in [-0.3, -0.25) is 9.78 Å². The van der Waals surface area contributed by atoms with Crippen LogP contribution in [0.3, 0.4) is 0 Å². The summed E-state index contributed by atoms with van der Waals surface area (Å²) in [4.78, 5) is 18.8. The average molecular weight is 344 g/mol. The van der Waals surface area contributed by atoms with Crippen molar-refractivity contribution in [1.82, 2.24) is 4.98 Å². The minimum atomic E-state index is 0.0413. The van der Waals surface area contributed by atoms with Crippen LogP contribution in [-0.4, -0.2) is 17.9 Å². The molecule has 0 aliphatic carbocycles. The van der Waals surface area contributed by atoms with Gasteiger partial charge in [-0.25, -0.2) is 0 Å². The van der Waals surface area contributed by atoms with Gasteiger partial charge in [0.25, 0.3) is 5.91 Å². The monoisotopic (exact) mass is 344 g/mol. The summed E-state index contributed by atoms with van der Waals surface area (Å²) in [6.45, 7) is 2.54. The Morgan fingerprint density at radius 3 is 2.65 bits per heavy atom. The van der Waals surface area contributed by atoms with Crippen LogP contribution >= 0.6 is 0 Å². The number of nitrogens with zero attached hydrogens (tertiary/aromatic N) is 2. The number of nitrogens with one attached hydrogen (secondary N) is 2. The second-order valence-corrected chi connectivity index (χ2v) is 6.37. The number of fused-ring (bicyclic) bond motifs is 1. The zero-order valence-electron chi connectivity index (χ0n) is 14.8. The number of amides is 1. The van der Waals surface area contributed by atoms with Gasteiger partial charge < -0.3 is 15.5 Å². The molecule has 2 aromatic carbocycles. The van der Waals surface area contributed by atoms with E-state index >= 15 is 0 Å². The van der Waals surface area contributed by atoms with E-state index in [4.69, 9.17) is 0 Å². The Balaban J connectivity index is 1.60. The van der Waals surface area contributed by atoms with Gasteiger partial charge in [0.15, 0.2) is 0 Å². The number of anilines is 4. The van der Waals surface area contributed by atoms with Crippen LogP contribution in [-0.2, 0) is 6.54 Å². The topological polar surface area (TPSA) is 57.3 Å². The van der Waals surface area contributed by atoms with Crippen LogP contribution < -0.4 is 15.5 Å². The first kappa shape index (κ1) is 16.1. The van der Waals surface area contributed by atoms with Gasteiger partial charge in [-0.15, -0.1) is 0 Å². The number of aromatic nitrogens is 1. The minimum absolute atomic E-state index is 0.0413. The lowest BCUT2D eigenvalue weighted by Crippen LogP contribution is -2.22. The van der Waals surface area contributed by atoms with Gasteiger partial charge >= 0.3 is 0 Å². The molecule has 0 bridgehead atoms. The largest absolute Gasteiger partial charge is 0.388 e. The predicted molar refractivity (Wildman–Crippen MR) is 105 cm³/mol. The first-order valence-corrected chi connectivity index (χ1v) is 8.56. The molecule has 3 aromatic rings. The predicted octanol–water partition coefficient (Wildman–Crippen LogP) is 4.34. The molecule has 0 saturated heterocycles. The van der Waals surface area contributed by atoms with Crippen molar-refractivity contribution in [2.45, 2.75) is 13.5 Å². The SMILES string of the molecule is CNc1cccc(N2Cc3cc(Nc4ccnc(C)c4)ccc3C2=O)c1. The number of rotatable bonds is 4. The zero-order valence-corrected chi connectivity index (χ0v) is 14.8. The third-order valence-electron chi connectivity index (χ3n) is 4.54. The molecule has 1 aromatic heterocycles. The molecule has 5 heteroatoms. The first-order valence-electron chi connectivity index (χ1n) is 8.56. The van der Waals surface area contributed by atoms with E-state index in [0.717, 1.165) is 39.6 Å². The van der Waals surface area contributed by atoms with Crippen molar-refractivity contribution in [2.75, 3.05) is 22.6 Å². The van der Waals surface area contributed by atoms with E-state index in [9.17, 15) is 4.79 Å². The third kappa shape index (κ3) is 2.99. The van der Waals surface area contributed by atoms with E-state index in [1.54, 1.807) is 6.20 Å². The van der Waals surface area contributed by atoms with Gasteiger partial charge in [-0.05, 0) is 61.0 Å². The van der Waals surface area contributed by atoms with Crippen LogP contribution in [0.2, 0.25) is 0 Å². The highest BCUT2D eigenvalue weighted by atomic mass is 16.2. The van der Waals surface area contributed by atoms with E-state index in [2.05, 4.69) is 15.6 Å². The number of pyridine rings is 1. The second kappa shape index (κ2) is 6.52. The smallest absolute Gasteiger partial charge is 0.258 e. The van der Waals surface area contributed by atoms with Crippen LogP contribution in [0.5, 0.6) is 0 Å². The first-order chi connectivity index (χ1) is 12.6. The molecule has 130 valence electrons. The second-order valence-electron chi connectivity index (χ2n) is 6.37. The summed E-state index contributed by atoms with van der Waals surface area (Å²) >= 11 is 0. The van der Waals surface area contributed by atoms with E-state index in [-0.39, 0.29) is 5.91 Å². The van der Waals surface area contributed by atoms with E-state index < -0.39 is 0 Å². The zero-order chi connectivity index (χ0) is 18.1. The van der Waals surface area contributed by atoms with E-state index in [1.807, 2.05) is 73.5 Å². The molecule has 26 heavy (non-hydrogen) atoms. The molecule has 1 aliphatic heterocycles. The maximum atomic E-state index is 12.8. The Bertz CT molecular complexity index is 983. The summed E-state index contributed by atoms with van der Waals surface area (Å²) in [5.74, 6) is 0.0413. The molecule has 1 aliphatic rings. The molecule has 0 atom stereocenters. The lowest BCUT2D eigenvalue weighted by atomic mass is 10.1. The normalized spacial score (nSPS) is 12.8. The fourth-order valence-electron chi connectivity index (χ4n) is 3.23. The molecule has 2 N–H and O–H groups in total. The number of hydrogen-bond donors (Lipinski definition) is 2. The fraction of sp³-hybridized carbons (Fsp3) is 0.143. The van der Waals surface area contributed by atoms with Crippen molar-refractivity contribution < 1.29 is 4.79 Å². The summed E-state index contributed by atoms with van der Waals surface area (Å²) in [6, 6.07) is 17.7. The van der Waals surface area contributed by atoms with Gasteiger partial charge in [-0.1, -0.05) is 6.07 Å². The highest BCUT2D eigenvalue weighted by Gasteiger charge is 2.28. The molecule has 5 nitrogen and oxygen atoms in total. The number of hydrogen-bond acceptors (Lipinski definition) is 4. The molecule has 0 spiro atoms. The summed E-state index contributed by atoms with van der Waals surface area (Å²) in [7, 11) is 1.87. The summed E-state index contributed by atoms with van der Waals surface area (Å²) in [5, 5.41) is 6.50. The molecule has 4 rings (SSSR count). The van der Waals surface area contributed by atoms with Crippen molar-refractivity contribution in [3.8, 4) is 0 Å². The summed E-state index contributed by atoms with van der Waals surface area (Å²) in [5.41, 5.74) is 6.59. The molecular weight excluding hydrogens is 324 g/mol. The molecule has 0 saturated carbocycles. The standard InChI is InChI=1S/C21H20N4O/c1-14-10-18(8-9-23-14)24-17-6-7-20-15(11-17)13-25(21(20)26)19-5-3-4-16(12-19)22-2/h3-12,22H,13H2,1-2H3,(H,23,24). The highest BCUT2D eigenvalue weighted by Crippen LogP contribution is 2.32. The van der Waals surface area contributed by atoms with Crippen molar-refractivity contribution in [1.29, 1.82) is 0 Å². The van der Waals surface area contributed by atoms with Gasteiger partial charge in [0.2, 0.25) is 0 Å². The van der Waals surface area contributed by atoms with E-state index in [0.29, 0.717) is 6.54 Å². The Labute approximate surface area is 152 Å². The lowest BCUT2D eigenvalue weighted by molar-refractivity contribution is 0.0996. The van der Waals surface area contributed by atoms with Gasteiger partial charge in [0, 0.05) is 47.3 Å². The quantitative estimate of drug-likeness (QED) is 0.739. The Hall–Kier alpha value is -3.34. The van der Waals surface area contributed by atoms with Crippen LogP contribution in [0.15, 0.2) is 60.8 Å². The number of carbonyl (C=O) groups excluding carboxylic acids is 1. The third-order valence-corrected chi connectivity index (χ3v) is 4.54. The van der Waals surface area contributed by atoms with Crippen LogP contribution in [0.1, 0.15) is 21.6 Å². The number of aryl methyl sites for hydroxylation is 1. The molecule has 0 unspecified atom stereocenters. The minimum Gasteiger partial charge on any atom is -0.388 e. The fourth-order valence-corrected chi connectivity index (χ4v) is 3.23. The maximum absolute atomic E-state index is 12.8. The number of benzene rings is 2. The van der Waals surface area contributed by atoms with Gasteiger partial charge in [-0.2, -0.15) is 0 Å². The van der Waals surface area contributed by atoms with E-state index in [1.165, 1.54) is 0 Å². The molecule has 0 fully saturated rings. The molecule has 2 heterocycles. The van der Waals surface area contributed by atoms with Crippen LogP contribution in [0, 0.1) is 6.92 Å². The van der Waals surface area contributed by atoms with Crippen molar-refractivity contribution in [2.24, 2.45) is 0 Å². The van der Waals surface area contributed by atoms with Crippen molar-refractivity contribution in [3.05, 3.63) is 77.6 Å². The van der Waals surface area contributed by atoms with Gasteiger partial charge in [0.1, 0.15) is 0 Å².